The third-order valence-corrected chi connectivity index (χ3v) is 7.02. The van der Waals surface area contributed by atoms with Gasteiger partial charge in [0.15, 0.2) is 0 Å². The third-order valence-electron chi connectivity index (χ3n) is 7.02. The van der Waals surface area contributed by atoms with Gasteiger partial charge in [-0.25, -0.2) is 4.79 Å². The molecule has 0 spiro atoms. The Balaban J connectivity index is 1.40. The van der Waals surface area contributed by atoms with Gasteiger partial charge in [0.1, 0.15) is 0 Å². The number of carboxylic acid groups (broad SMARTS) is 1. The zero-order valence-corrected chi connectivity index (χ0v) is 20.2. The van der Waals surface area contributed by atoms with E-state index in [1.807, 2.05) is 48.5 Å². The van der Waals surface area contributed by atoms with Crippen LogP contribution in [-0.4, -0.2) is 71.2 Å². The Labute approximate surface area is 205 Å². The summed E-state index contributed by atoms with van der Waals surface area (Å²) in [7, 11) is 0. The molecular weight excluding hydrogens is 442 g/mol. The van der Waals surface area contributed by atoms with E-state index >= 15 is 0 Å². The molecule has 2 aliphatic heterocycles. The summed E-state index contributed by atoms with van der Waals surface area (Å²) in [6.45, 7) is 8.92. The van der Waals surface area contributed by atoms with Crippen LogP contribution >= 0.6 is 0 Å². The minimum atomic E-state index is -1.06. The van der Waals surface area contributed by atoms with Crippen molar-refractivity contribution in [3.8, 4) is 0 Å². The van der Waals surface area contributed by atoms with Crippen molar-refractivity contribution >= 4 is 28.4 Å². The molecule has 0 saturated carbocycles. The fraction of sp³-hybridized carbons (Fsp3) is 0.357. The number of carbonyl (C=O) groups is 2. The number of H-pyrrole nitrogens is 1. The summed E-state index contributed by atoms with van der Waals surface area (Å²) in [6, 6.07) is 15.5. The highest BCUT2D eigenvalue weighted by Crippen LogP contribution is 2.40. The molecule has 0 unspecified atom stereocenters. The molecular formula is C28H31N3O4. The molecule has 3 aromatic rings. The van der Waals surface area contributed by atoms with E-state index in [0.717, 1.165) is 55.7 Å². The molecule has 1 saturated heterocycles. The number of hydrogen-bond acceptors (Lipinski definition) is 4. The molecule has 1 fully saturated rings. The average molecular weight is 474 g/mol. The van der Waals surface area contributed by atoms with E-state index in [-0.39, 0.29) is 11.5 Å². The number of carboxylic acids is 1. The number of nitrogens with zero attached hydrogens (tertiary/aromatic N) is 2. The highest BCUT2D eigenvalue weighted by molar-refractivity contribution is 6.17. The average Bonchev–Trinajstić information content (AvgIpc) is 3.20. The van der Waals surface area contributed by atoms with E-state index in [4.69, 9.17) is 4.74 Å². The predicted octanol–water partition coefficient (Wildman–Crippen LogP) is 3.90. The van der Waals surface area contributed by atoms with Gasteiger partial charge >= 0.3 is 5.97 Å². The lowest BCUT2D eigenvalue weighted by atomic mass is 9.81. The van der Waals surface area contributed by atoms with Crippen LogP contribution in [0.2, 0.25) is 0 Å². The zero-order valence-electron chi connectivity index (χ0n) is 20.2. The maximum atomic E-state index is 13.5. The van der Waals surface area contributed by atoms with E-state index in [9.17, 15) is 14.7 Å². The number of aliphatic carboxylic acids is 1. The second-order valence-electron chi connectivity index (χ2n) is 9.99. The predicted molar refractivity (Wildman–Crippen MR) is 135 cm³/mol. The van der Waals surface area contributed by atoms with Crippen molar-refractivity contribution in [3.63, 3.8) is 0 Å². The first-order valence-corrected chi connectivity index (χ1v) is 12.1. The summed E-state index contributed by atoms with van der Waals surface area (Å²) in [6.07, 6.45) is 2.40. The van der Waals surface area contributed by atoms with Crippen molar-refractivity contribution in [3.05, 3.63) is 77.1 Å². The maximum Gasteiger partial charge on any atom is 0.339 e. The van der Waals surface area contributed by atoms with Gasteiger partial charge in [-0.1, -0.05) is 44.2 Å². The summed E-state index contributed by atoms with van der Waals surface area (Å²) < 4.78 is 5.41. The largest absolute Gasteiger partial charge is 0.478 e. The van der Waals surface area contributed by atoms with E-state index in [1.54, 1.807) is 4.90 Å². The molecule has 2 N–H and O–H groups in total. The number of carbonyl (C=O) groups excluding carboxylic acids is 1. The molecule has 3 heterocycles. The summed E-state index contributed by atoms with van der Waals surface area (Å²) in [5.41, 5.74) is 3.74. The molecule has 182 valence electrons. The van der Waals surface area contributed by atoms with Gasteiger partial charge in [0.2, 0.25) is 0 Å². The minimum absolute atomic E-state index is 0.0947. The van der Waals surface area contributed by atoms with Gasteiger partial charge in [-0.05, 0) is 35.7 Å². The fourth-order valence-corrected chi connectivity index (χ4v) is 5.20. The molecule has 1 amide bonds. The Hall–Kier alpha value is -3.42. The lowest BCUT2D eigenvalue weighted by Crippen LogP contribution is -2.37. The van der Waals surface area contributed by atoms with Gasteiger partial charge in [0.25, 0.3) is 5.91 Å². The van der Waals surface area contributed by atoms with Gasteiger partial charge in [0, 0.05) is 54.3 Å². The van der Waals surface area contributed by atoms with Gasteiger partial charge in [-0.2, -0.15) is 0 Å². The summed E-state index contributed by atoms with van der Waals surface area (Å²) in [4.78, 5) is 33.0. The normalized spacial score (nSPS) is 18.1. The second-order valence-corrected chi connectivity index (χ2v) is 9.99. The first kappa shape index (κ1) is 23.3. The molecule has 2 aromatic carbocycles. The number of nitrogens with one attached hydrogen (secondary N) is 1. The lowest BCUT2D eigenvalue weighted by molar-refractivity contribution is -0.130. The Morgan fingerprint density at radius 3 is 2.49 bits per heavy atom. The van der Waals surface area contributed by atoms with Crippen LogP contribution in [0.4, 0.5) is 0 Å². The Morgan fingerprint density at radius 2 is 1.77 bits per heavy atom. The highest BCUT2D eigenvalue weighted by Gasteiger charge is 2.37. The third kappa shape index (κ3) is 4.61. The smallest absolute Gasteiger partial charge is 0.339 e. The van der Waals surface area contributed by atoms with Crippen LogP contribution in [0.1, 0.15) is 41.0 Å². The zero-order chi connectivity index (χ0) is 24.6. The standard InChI is InChI=1S/C28H31N3O4/c1-28(2)18-31(17-22(27(33)34)25-24(28)21-5-3-4-6-23(21)29-25)26(32)20-9-7-19(8-10-20)11-12-30-13-15-35-16-14-30/h3-10,17,29H,11-16,18H2,1-2H3,(H,33,34). The van der Waals surface area contributed by atoms with E-state index < -0.39 is 11.4 Å². The Kier molecular flexibility index (Phi) is 6.21. The number of aromatic amines is 1. The van der Waals surface area contributed by atoms with Gasteiger partial charge in [0.05, 0.1) is 24.5 Å². The summed E-state index contributed by atoms with van der Waals surface area (Å²) in [5, 5.41) is 11.0. The van der Waals surface area contributed by atoms with E-state index in [0.29, 0.717) is 17.8 Å². The maximum absolute atomic E-state index is 13.5. The van der Waals surface area contributed by atoms with Crippen molar-refractivity contribution in [2.45, 2.75) is 25.7 Å². The number of rotatable bonds is 5. The topological polar surface area (TPSA) is 85.9 Å². The van der Waals surface area contributed by atoms with Gasteiger partial charge in [-0.3, -0.25) is 9.69 Å². The highest BCUT2D eigenvalue weighted by atomic mass is 16.5. The van der Waals surface area contributed by atoms with Crippen molar-refractivity contribution in [1.29, 1.82) is 0 Å². The molecule has 7 heteroatoms. The quantitative estimate of drug-likeness (QED) is 0.587. The van der Waals surface area contributed by atoms with Crippen LogP contribution in [0.5, 0.6) is 0 Å². The molecule has 0 aliphatic carbocycles. The van der Waals surface area contributed by atoms with E-state index in [1.165, 1.54) is 11.8 Å². The van der Waals surface area contributed by atoms with Crippen LogP contribution in [0.3, 0.4) is 0 Å². The molecule has 2 aliphatic rings. The minimum Gasteiger partial charge on any atom is -0.478 e. The van der Waals surface area contributed by atoms with Crippen LogP contribution in [-0.2, 0) is 21.4 Å². The molecule has 0 atom stereocenters. The molecule has 0 radical (unpaired) electrons. The van der Waals surface area contributed by atoms with E-state index in [2.05, 4.69) is 23.7 Å². The number of para-hydroxylation sites is 1. The molecule has 1 aromatic heterocycles. The molecule has 5 rings (SSSR count). The van der Waals surface area contributed by atoms with Gasteiger partial charge in [-0.15, -0.1) is 0 Å². The first-order valence-electron chi connectivity index (χ1n) is 12.1. The molecule has 35 heavy (non-hydrogen) atoms. The summed E-state index contributed by atoms with van der Waals surface area (Å²) in [5.74, 6) is -1.27. The molecule has 7 nitrogen and oxygen atoms in total. The van der Waals surface area contributed by atoms with Crippen molar-refractivity contribution in [2.75, 3.05) is 39.4 Å². The number of aromatic nitrogens is 1. The van der Waals surface area contributed by atoms with Crippen LogP contribution in [0.25, 0.3) is 16.5 Å². The SMILES string of the molecule is CC1(C)CN(C(=O)c2ccc(CCN3CCOCC3)cc2)C=C(C(=O)O)c2[nH]c3ccccc3c21. The van der Waals surface area contributed by atoms with Crippen molar-refractivity contribution in [2.24, 2.45) is 0 Å². The number of benzene rings is 2. The van der Waals surface area contributed by atoms with Crippen LogP contribution < -0.4 is 0 Å². The summed E-state index contributed by atoms with van der Waals surface area (Å²) >= 11 is 0. The number of amides is 1. The Morgan fingerprint density at radius 1 is 1.06 bits per heavy atom. The number of fused-ring (bicyclic) bond motifs is 3. The Bertz CT molecular complexity index is 1280. The van der Waals surface area contributed by atoms with Crippen LogP contribution in [0, 0.1) is 0 Å². The number of morpholine rings is 1. The lowest BCUT2D eigenvalue weighted by Gasteiger charge is -2.29. The van der Waals surface area contributed by atoms with Crippen molar-refractivity contribution in [1.82, 2.24) is 14.8 Å². The van der Waals surface area contributed by atoms with Gasteiger partial charge < -0.3 is 19.7 Å². The molecule has 0 bridgehead atoms. The fourth-order valence-electron chi connectivity index (χ4n) is 5.20. The van der Waals surface area contributed by atoms with Crippen LogP contribution in [0.15, 0.2) is 54.7 Å². The monoisotopic (exact) mass is 473 g/mol. The number of ether oxygens (including phenoxy) is 1. The first-order chi connectivity index (χ1) is 16.8. The second kappa shape index (κ2) is 9.32. The number of hydrogen-bond donors (Lipinski definition) is 2. The van der Waals surface area contributed by atoms with Crippen molar-refractivity contribution < 1.29 is 19.4 Å².